The van der Waals surface area contributed by atoms with Crippen LogP contribution in [0.25, 0.3) is 0 Å². The van der Waals surface area contributed by atoms with Gasteiger partial charge in [-0.05, 0) is 31.2 Å². The van der Waals surface area contributed by atoms with Crippen molar-refractivity contribution < 1.29 is 14.3 Å². The molecule has 0 atom stereocenters. The first kappa shape index (κ1) is 14.4. The molecule has 0 heterocycles. The second kappa shape index (κ2) is 6.91. The molecule has 0 fully saturated rings. The predicted molar refractivity (Wildman–Crippen MR) is 71.9 cm³/mol. The highest BCUT2D eigenvalue weighted by Crippen LogP contribution is 2.19. The Bertz CT molecular complexity index is 491. The number of amides is 4. The van der Waals surface area contributed by atoms with E-state index in [0.717, 1.165) is 4.90 Å². The zero-order chi connectivity index (χ0) is 14.3. The molecule has 19 heavy (non-hydrogen) atoms. The molecule has 0 aliphatic heterocycles. The Morgan fingerprint density at radius 1 is 1.42 bits per heavy atom. The van der Waals surface area contributed by atoms with Crippen molar-refractivity contribution in [2.45, 2.75) is 6.92 Å². The van der Waals surface area contributed by atoms with E-state index >= 15 is 0 Å². The van der Waals surface area contributed by atoms with E-state index < -0.39 is 12.1 Å². The van der Waals surface area contributed by atoms with Gasteiger partial charge < -0.3 is 15.8 Å². The molecule has 6 nitrogen and oxygen atoms in total. The van der Waals surface area contributed by atoms with Crippen molar-refractivity contribution in [1.82, 2.24) is 5.32 Å². The summed E-state index contributed by atoms with van der Waals surface area (Å²) in [6, 6.07) is 4.86. The Labute approximate surface area is 111 Å². The van der Waals surface area contributed by atoms with E-state index in [2.05, 4.69) is 11.2 Å². The van der Waals surface area contributed by atoms with Gasteiger partial charge in [0.15, 0.2) is 0 Å². The van der Waals surface area contributed by atoms with Crippen LogP contribution in [-0.4, -0.2) is 25.2 Å². The molecule has 0 bridgehead atoms. The molecule has 0 aliphatic rings. The maximum atomic E-state index is 11.7. The number of hydrogen-bond donors (Lipinski definition) is 2. The van der Waals surface area contributed by atoms with E-state index in [0.29, 0.717) is 18.0 Å². The van der Waals surface area contributed by atoms with Crippen molar-refractivity contribution >= 4 is 17.7 Å². The molecule has 0 radical (unpaired) electrons. The number of imide groups is 1. The van der Waals surface area contributed by atoms with Gasteiger partial charge in [-0.3, -0.25) is 0 Å². The first-order valence-electron chi connectivity index (χ1n) is 5.63. The van der Waals surface area contributed by atoms with Crippen LogP contribution in [0.1, 0.15) is 6.92 Å². The average molecular weight is 261 g/mol. The largest absolute Gasteiger partial charge is 0.481 e. The van der Waals surface area contributed by atoms with Crippen molar-refractivity contribution in [1.29, 1.82) is 0 Å². The van der Waals surface area contributed by atoms with Crippen LogP contribution in [0.15, 0.2) is 24.3 Å². The van der Waals surface area contributed by atoms with E-state index in [-0.39, 0.29) is 6.61 Å². The molecular formula is C13H15N3O3. The lowest BCUT2D eigenvalue weighted by atomic mass is 10.3. The third-order valence-electron chi connectivity index (χ3n) is 2.17. The van der Waals surface area contributed by atoms with Gasteiger partial charge in [0.05, 0.1) is 5.69 Å². The number of carbonyl (C=O) groups excluding carboxylic acids is 2. The molecule has 1 aromatic rings. The molecule has 0 unspecified atom stereocenters. The van der Waals surface area contributed by atoms with Gasteiger partial charge in [0.25, 0.3) is 0 Å². The second-order valence-corrected chi connectivity index (χ2v) is 3.50. The number of hydrogen-bond acceptors (Lipinski definition) is 3. The van der Waals surface area contributed by atoms with Crippen molar-refractivity contribution in [3.05, 3.63) is 24.3 Å². The van der Waals surface area contributed by atoms with Gasteiger partial charge in [-0.2, -0.15) is 0 Å². The fourth-order valence-electron chi connectivity index (χ4n) is 1.39. The summed E-state index contributed by atoms with van der Waals surface area (Å²) in [6.07, 6.45) is 5.07. The fourth-order valence-corrected chi connectivity index (χ4v) is 1.39. The number of nitrogens with one attached hydrogen (secondary N) is 1. The normalized spacial score (nSPS) is 9.26. The van der Waals surface area contributed by atoms with Gasteiger partial charge in [-0.15, -0.1) is 6.42 Å². The predicted octanol–water partition coefficient (Wildman–Crippen LogP) is 1.31. The zero-order valence-electron chi connectivity index (χ0n) is 10.6. The Hall–Kier alpha value is -2.68. The van der Waals surface area contributed by atoms with Gasteiger partial charge in [-0.1, -0.05) is 5.92 Å². The lowest BCUT2D eigenvalue weighted by Crippen LogP contribution is -2.46. The van der Waals surface area contributed by atoms with Crippen molar-refractivity contribution in [3.63, 3.8) is 0 Å². The number of anilines is 1. The van der Waals surface area contributed by atoms with Crippen LogP contribution in [0.5, 0.6) is 5.75 Å². The number of rotatable bonds is 4. The van der Waals surface area contributed by atoms with Gasteiger partial charge >= 0.3 is 12.1 Å². The molecule has 1 rings (SSSR count). The average Bonchev–Trinajstić information content (AvgIpc) is 2.38. The summed E-state index contributed by atoms with van der Waals surface area (Å²) in [7, 11) is 0. The van der Waals surface area contributed by atoms with Gasteiger partial charge in [-0.25, -0.2) is 14.5 Å². The number of nitrogens with zero attached hydrogens (tertiary/aromatic N) is 1. The quantitative estimate of drug-likeness (QED) is 0.801. The Balaban J connectivity index is 2.89. The number of terminal acetylenes is 1. The van der Waals surface area contributed by atoms with Crippen LogP contribution in [0, 0.1) is 12.3 Å². The summed E-state index contributed by atoms with van der Waals surface area (Å²) in [5.74, 6) is 2.88. The molecule has 3 N–H and O–H groups in total. The smallest absolute Gasteiger partial charge is 0.330 e. The molecule has 0 aliphatic carbocycles. The number of carbonyl (C=O) groups is 2. The van der Waals surface area contributed by atoms with Gasteiger partial charge in [0.2, 0.25) is 0 Å². The number of primary amides is 1. The summed E-state index contributed by atoms with van der Waals surface area (Å²) in [5.41, 5.74) is 5.54. The van der Waals surface area contributed by atoms with Crippen LogP contribution < -0.4 is 20.7 Å². The van der Waals surface area contributed by atoms with E-state index in [4.69, 9.17) is 16.9 Å². The summed E-state index contributed by atoms with van der Waals surface area (Å²) in [4.78, 5) is 23.8. The monoisotopic (exact) mass is 261 g/mol. The first-order valence-corrected chi connectivity index (χ1v) is 5.63. The van der Waals surface area contributed by atoms with Crippen molar-refractivity contribution in [2.24, 2.45) is 5.73 Å². The SMILES string of the molecule is C#CCOc1ccc(N(C(N)=O)C(=O)NCC)cc1. The highest BCUT2D eigenvalue weighted by atomic mass is 16.5. The van der Waals surface area contributed by atoms with Crippen molar-refractivity contribution in [2.75, 3.05) is 18.1 Å². The second-order valence-electron chi connectivity index (χ2n) is 3.50. The summed E-state index contributed by atoms with van der Waals surface area (Å²) in [6.45, 7) is 2.29. The minimum atomic E-state index is -0.858. The Morgan fingerprint density at radius 2 is 2.05 bits per heavy atom. The maximum Gasteiger partial charge on any atom is 0.330 e. The highest BCUT2D eigenvalue weighted by Gasteiger charge is 2.20. The Kier molecular flexibility index (Phi) is 5.23. The van der Waals surface area contributed by atoms with Crippen molar-refractivity contribution in [3.8, 4) is 18.1 Å². The number of urea groups is 2. The van der Waals surface area contributed by atoms with E-state index in [1.54, 1.807) is 31.2 Å². The summed E-state index contributed by atoms with van der Waals surface area (Å²) in [5, 5.41) is 2.50. The Morgan fingerprint density at radius 3 is 2.53 bits per heavy atom. The molecular weight excluding hydrogens is 246 g/mol. The lowest BCUT2D eigenvalue weighted by molar-refractivity contribution is 0.238. The van der Waals surface area contributed by atoms with Crippen LogP contribution in [0.4, 0.5) is 15.3 Å². The van der Waals surface area contributed by atoms with E-state index in [1.165, 1.54) is 0 Å². The van der Waals surface area contributed by atoms with E-state index in [1.807, 2.05) is 0 Å². The molecule has 100 valence electrons. The summed E-state index contributed by atoms with van der Waals surface area (Å²) >= 11 is 0. The number of benzene rings is 1. The lowest BCUT2D eigenvalue weighted by Gasteiger charge is -2.18. The molecule has 0 aromatic heterocycles. The molecule has 0 saturated heterocycles. The number of nitrogens with two attached hydrogens (primary N) is 1. The zero-order valence-corrected chi connectivity index (χ0v) is 10.6. The minimum Gasteiger partial charge on any atom is -0.481 e. The molecule has 4 amide bonds. The minimum absolute atomic E-state index is 0.148. The van der Waals surface area contributed by atoms with Gasteiger partial charge in [0, 0.05) is 6.54 Å². The third kappa shape index (κ3) is 3.92. The standard InChI is InChI=1S/C13H15N3O3/c1-3-9-19-11-7-5-10(6-8-11)16(12(14)17)13(18)15-4-2/h1,5-8H,4,9H2,2H3,(H2,14,17)(H,15,18). The molecule has 0 saturated carbocycles. The van der Waals surface area contributed by atoms with E-state index in [9.17, 15) is 9.59 Å². The molecule has 0 spiro atoms. The number of ether oxygens (including phenoxy) is 1. The molecule has 6 heteroatoms. The fraction of sp³-hybridized carbons (Fsp3) is 0.231. The highest BCUT2D eigenvalue weighted by molar-refractivity contribution is 6.12. The van der Waals surface area contributed by atoms with Crippen LogP contribution in [0.2, 0.25) is 0 Å². The maximum absolute atomic E-state index is 11.7. The van der Waals surface area contributed by atoms with Gasteiger partial charge in [0.1, 0.15) is 12.4 Å². The third-order valence-corrected chi connectivity index (χ3v) is 2.17. The summed E-state index contributed by atoms with van der Waals surface area (Å²) < 4.78 is 5.19. The van der Waals surface area contributed by atoms with Crippen LogP contribution in [0.3, 0.4) is 0 Å². The molecule has 1 aromatic carbocycles. The topological polar surface area (TPSA) is 84.7 Å². The van der Waals surface area contributed by atoms with Crippen LogP contribution >= 0.6 is 0 Å². The first-order chi connectivity index (χ1) is 9.10. The van der Waals surface area contributed by atoms with Crippen LogP contribution in [-0.2, 0) is 0 Å².